The molecule has 0 saturated carbocycles. The van der Waals surface area contributed by atoms with E-state index in [1.165, 1.54) is 22.9 Å². The monoisotopic (exact) mass is 572 g/mol. The molecule has 0 bridgehead atoms. The van der Waals surface area contributed by atoms with Crippen molar-refractivity contribution >= 4 is 23.6 Å². The van der Waals surface area contributed by atoms with E-state index in [9.17, 15) is 14.7 Å². The molecule has 212 valence electrons. The number of nitrogens with one attached hydrogen (secondary N) is 1. The van der Waals surface area contributed by atoms with Crippen LogP contribution in [0.5, 0.6) is 0 Å². The Morgan fingerprint density at radius 1 is 0.810 bits per heavy atom. The summed E-state index contributed by atoms with van der Waals surface area (Å²) in [6, 6.07) is 33.7. The number of aryl methyl sites for hydroxylation is 1. The van der Waals surface area contributed by atoms with Crippen LogP contribution in [0.1, 0.15) is 39.0 Å². The van der Waals surface area contributed by atoms with Crippen LogP contribution >= 0.6 is 11.8 Å². The number of nitrogens with zero attached hydrogens (tertiary/aromatic N) is 1. The summed E-state index contributed by atoms with van der Waals surface area (Å²) in [5.74, 6) is -1.06. The van der Waals surface area contributed by atoms with Crippen molar-refractivity contribution in [3.63, 3.8) is 0 Å². The van der Waals surface area contributed by atoms with Crippen LogP contribution in [0.4, 0.5) is 0 Å². The second-order valence-corrected chi connectivity index (χ2v) is 11.2. The van der Waals surface area contributed by atoms with Crippen LogP contribution in [-0.4, -0.2) is 41.4 Å². The molecule has 1 unspecified atom stereocenters. The van der Waals surface area contributed by atoms with Crippen LogP contribution < -0.4 is 29.3 Å². The number of carbonyl (C=O) groups is 2. The van der Waals surface area contributed by atoms with Gasteiger partial charge in [0.25, 0.3) is 5.91 Å². The maximum absolute atomic E-state index is 13.4. The molecule has 4 aromatic carbocycles. The molecule has 7 heteroatoms. The van der Waals surface area contributed by atoms with Crippen LogP contribution in [0.3, 0.4) is 0 Å². The molecule has 0 radical (unpaired) electrons. The Labute approximate surface area is 265 Å². The molecule has 0 saturated heterocycles. The van der Waals surface area contributed by atoms with Gasteiger partial charge in [-0.15, -0.1) is 0 Å². The van der Waals surface area contributed by atoms with E-state index in [1.807, 2.05) is 61.7 Å². The molecule has 0 spiro atoms. The average molecular weight is 573 g/mol. The van der Waals surface area contributed by atoms with Gasteiger partial charge >= 0.3 is 18.9 Å². The Bertz CT molecular complexity index is 1430. The maximum atomic E-state index is 13.4. The quantitative estimate of drug-likeness (QED) is 0.235. The molecular weight excluding hydrogens is 535 g/mol. The summed E-state index contributed by atoms with van der Waals surface area (Å²) in [5, 5.41) is 14.4. The minimum Gasteiger partial charge on any atom is -0.548 e. The zero-order valence-electron chi connectivity index (χ0n) is 24.7. The smallest absolute Gasteiger partial charge is 0.548 e. The van der Waals surface area contributed by atoms with Gasteiger partial charge in [-0.2, -0.15) is 11.8 Å². The van der Waals surface area contributed by atoms with Gasteiger partial charge in [-0.25, -0.2) is 0 Å². The number of aliphatic carboxylic acids is 1. The number of hydrogen-bond donors (Lipinski definition) is 1. The normalized spacial score (nSPS) is 11.5. The predicted octanol–water partition coefficient (Wildman–Crippen LogP) is 2.51. The van der Waals surface area contributed by atoms with Gasteiger partial charge in [-0.3, -0.25) is 9.69 Å². The Kier molecular flexibility index (Phi) is 13.4. The number of thioether (sulfide) groups is 1. The Balaban J connectivity index is 0.00000484. The van der Waals surface area contributed by atoms with E-state index >= 15 is 0 Å². The van der Waals surface area contributed by atoms with E-state index in [2.05, 4.69) is 64.8 Å². The molecule has 1 N–H and O–H groups in total. The van der Waals surface area contributed by atoms with Gasteiger partial charge in [0.1, 0.15) is 0 Å². The minimum atomic E-state index is -1.27. The SMILES string of the molecule is CSCCC(NC(=O)c1ccc(CN(CCc2ccccc2)Cc2ccccc2)cc1-c1ccccc1C)C(=O)[O-].[Li+]. The van der Waals surface area contributed by atoms with Crippen molar-refractivity contribution in [3.8, 4) is 11.1 Å². The van der Waals surface area contributed by atoms with Gasteiger partial charge in [0.2, 0.25) is 0 Å². The zero-order chi connectivity index (χ0) is 29.0. The number of carbonyl (C=O) groups excluding carboxylic acids is 2. The van der Waals surface area contributed by atoms with Crippen LogP contribution in [0.2, 0.25) is 0 Å². The molecule has 0 aliphatic heterocycles. The van der Waals surface area contributed by atoms with E-state index in [-0.39, 0.29) is 18.9 Å². The Morgan fingerprint density at radius 2 is 1.43 bits per heavy atom. The van der Waals surface area contributed by atoms with Crippen molar-refractivity contribution in [3.05, 3.63) is 131 Å². The number of carboxylic acids is 1. The van der Waals surface area contributed by atoms with Crippen molar-refractivity contribution in [1.82, 2.24) is 10.2 Å². The van der Waals surface area contributed by atoms with Gasteiger partial charge in [-0.05, 0) is 77.3 Å². The van der Waals surface area contributed by atoms with Gasteiger partial charge < -0.3 is 15.2 Å². The molecule has 0 fully saturated rings. The van der Waals surface area contributed by atoms with E-state index in [0.717, 1.165) is 41.8 Å². The Hall–Kier alpha value is -3.27. The molecule has 1 atom stereocenters. The summed E-state index contributed by atoms with van der Waals surface area (Å²) in [4.78, 5) is 27.6. The largest absolute Gasteiger partial charge is 1.00 e. The number of amides is 1. The van der Waals surface area contributed by atoms with Gasteiger partial charge in [0.05, 0.1) is 12.0 Å². The third-order valence-corrected chi connectivity index (χ3v) is 7.82. The molecule has 4 rings (SSSR count). The minimum absolute atomic E-state index is 0. The molecule has 0 aliphatic rings. The first-order valence-electron chi connectivity index (χ1n) is 13.9. The molecular formula is C35H37LiN2O3S. The van der Waals surface area contributed by atoms with Crippen LogP contribution in [0.25, 0.3) is 11.1 Å². The van der Waals surface area contributed by atoms with Crippen molar-refractivity contribution in [2.75, 3.05) is 18.6 Å². The summed E-state index contributed by atoms with van der Waals surface area (Å²) >= 11 is 1.54. The molecule has 5 nitrogen and oxygen atoms in total. The molecule has 0 heterocycles. The third kappa shape index (κ3) is 9.64. The van der Waals surface area contributed by atoms with E-state index < -0.39 is 17.9 Å². The topological polar surface area (TPSA) is 72.5 Å². The number of hydrogen-bond acceptors (Lipinski definition) is 5. The fourth-order valence-corrected chi connectivity index (χ4v) is 5.42. The third-order valence-electron chi connectivity index (χ3n) is 7.18. The van der Waals surface area contributed by atoms with E-state index in [4.69, 9.17) is 0 Å². The van der Waals surface area contributed by atoms with Crippen LogP contribution in [0.15, 0.2) is 103 Å². The van der Waals surface area contributed by atoms with E-state index in [1.54, 1.807) is 0 Å². The molecule has 4 aromatic rings. The first-order valence-corrected chi connectivity index (χ1v) is 15.3. The second-order valence-electron chi connectivity index (χ2n) is 10.3. The summed E-state index contributed by atoms with van der Waals surface area (Å²) in [7, 11) is 0. The summed E-state index contributed by atoms with van der Waals surface area (Å²) in [5.41, 5.74) is 6.87. The number of rotatable bonds is 14. The molecule has 42 heavy (non-hydrogen) atoms. The van der Waals surface area contributed by atoms with Gasteiger partial charge in [0.15, 0.2) is 0 Å². The van der Waals surface area contributed by atoms with Gasteiger partial charge in [0, 0.05) is 25.2 Å². The fourth-order valence-electron chi connectivity index (χ4n) is 4.95. The average Bonchev–Trinajstić information content (AvgIpc) is 2.99. The van der Waals surface area contributed by atoms with Crippen molar-refractivity contribution in [2.45, 2.75) is 38.9 Å². The summed E-state index contributed by atoms with van der Waals surface area (Å²) < 4.78 is 0. The molecule has 0 aromatic heterocycles. The number of benzene rings is 4. The zero-order valence-corrected chi connectivity index (χ0v) is 25.5. The summed E-state index contributed by atoms with van der Waals surface area (Å²) in [6.07, 6.45) is 3.15. The fraction of sp³-hybridized carbons (Fsp3) is 0.257. The van der Waals surface area contributed by atoms with Crippen molar-refractivity contribution < 1.29 is 33.6 Å². The van der Waals surface area contributed by atoms with E-state index in [0.29, 0.717) is 24.3 Å². The molecule has 1 amide bonds. The first kappa shape index (κ1) is 33.2. The van der Waals surface area contributed by atoms with Crippen molar-refractivity contribution in [2.24, 2.45) is 0 Å². The maximum Gasteiger partial charge on any atom is 1.00 e. The second kappa shape index (κ2) is 17.0. The standard InChI is InChI=1S/C35H38N2O3S.Li/c1-26-11-9-10-16-30(26)32-23-29(17-18-31(32)34(38)36-33(35(39)40)20-22-41-2)25-37(24-28-14-7-4-8-15-28)21-19-27-12-5-3-6-13-27;/h3-18,23,33H,19-22,24-25H2,1-2H3,(H,36,38)(H,39,40);/q;+1/p-1. The Morgan fingerprint density at radius 3 is 2.07 bits per heavy atom. The summed E-state index contributed by atoms with van der Waals surface area (Å²) in [6.45, 7) is 4.41. The first-order chi connectivity index (χ1) is 19.9. The predicted molar refractivity (Wildman–Crippen MR) is 167 cm³/mol. The van der Waals surface area contributed by atoms with Crippen LogP contribution in [0, 0.1) is 6.92 Å². The number of carboxylic acid groups (broad SMARTS) is 1. The molecule has 0 aliphatic carbocycles. The van der Waals surface area contributed by atoms with Crippen molar-refractivity contribution in [1.29, 1.82) is 0 Å². The van der Waals surface area contributed by atoms with Crippen LogP contribution in [-0.2, 0) is 24.3 Å². The van der Waals surface area contributed by atoms with Gasteiger partial charge in [-0.1, -0.05) is 91.0 Å².